The lowest BCUT2D eigenvalue weighted by Gasteiger charge is -1.96. The van der Waals surface area contributed by atoms with E-state index in [-0.39, 0.29) is 0 Å². The van der Waals surface area contributed by atoms with E-state index in [2.05, 4.69) is 0 Å². The van der Waals surface area contributed by atoms with Crippen molar-refractivity contribution in [1.82, 2.24) is 0 Å². The van der Waals surface area contributed by atoms with Gasteiger partial charge in [0.05, 0.1) is 0 Å². The summed E-state index contributed by atoms with van der Waals surface area (Å²) >= 11 is 0. The van der Waals surface area contributed by atoms with Crippen LogP contribution in [-0.4, -0.2) is 18.2 Å². The van der Waals surface area contributed by atoms with E-state index in [4.69, 9.17) is 16.6 Å². The van der Waals surface area contributed by atoms with E-state index in [9.17, 15) is 0 Å². The van der Waals surface area contributed by atoms with Crippen molar-refractivity contribution in [1.29, 1.82) is 0 Å². The third-order valence-corrected chi connectivity index (χ3v) is 1.90. The molecule has 0 aliphatic rings. The van der Waals surface area contributed by atoms with Gasteiger partial charge in [-0.1, -0.05) is 30.3 Å². The average Bonchev–Trinajstić information content (AvgIpc) is 2.29. The van der Waals surface area contributed by atoms with Gasteiger partial charge in [-0.25, -0.2) is 0 Å². The zero-order valence-corrected chi connectivity index (χ0v) is 8.56. The van der Waals surface area contributed by atoms with Gasteiger partial charge >= 0.3 is 0 Å². The number of fused-ring (bicyclic) bond motifs is 1. The van der Waals surface area contributed by atoms with Crippen molar-refractivity contribution in [2.45, 2.75) is 0 Å². The normalized spacial score (nSPS) is 9.47. The Morgan fingerprint density at radius 1 is 0.867 bits per heavy atom. The highest BCUT2D eigenvalue weighted by molar-refractivity contribution is 5.83. The maximum atomic E-state index is 9.13. The summed E-state index contributed by atoms with van der Waals surface area (Å²) in [5.41, 5.74) is 9.81. The lowest BCUT2D eigenvalue weighted by molar-refractivity contribution is 0.476. The van der Waals surface area contributed by atoms with Crippen LogP contribution in [0.1, 0.15) is 0 Å². The first-order valence-corrected chi connectivity index (χ1v) is 4.86. The van der Waals surface area contributed by atoms with Gasteiger partial charge in [0.15, 0.2) is 0 Å². The predicted molar refractivity (Wildman–Crippen MR) is 63.7 cm³/mol. The minimum atomic E-state index is 0.323. The van der Waals surface area contributed by atoms with Crippen molar-refractivity contribution in [3.05, 3.63) is 42.5 Å². The number of rotatable bonds is 1. The first kappa shape index (κ1) is 11.5. The maximum Gasteiger partial charge on any atom is 0.116 e. The highest BCUT2D eigenvalue weighted by atomic mass is 16.3. The number of hydrogen-bond acceptors (Lipinski definition) is 3. The van der Waals surface area contributed by atoms with Crippen LogP contribution in [0.15, 0.2) is 42.5 Å². The Labute approximate surface area is 89.3 Å². The van der Waals surface area contributed by atoms with Crippen molar-refractivity contribution < 1.29 is 5.11 Å². The number of benzene rings is 2. The summed E-state index contributed by atoms with van der Waals surface area (Å²) in [6.07, 6.45) is 0. The number of hydrogen-bond donors (Lipinski definition) is 3. The fourth-order valence-electron chi connectivity index (χ4n) is 1.18. The lowest BCUT2D eigenvalue weighted by Crippen LogP contribution is -2.11. The van der Waals surface area contributed by atoms with Gasteiger partial charge in [-0.2, -0.15) is 0 Å². The Balaban J connectivity index is 0.000000245. The third kappa shape index (κ3) is 3.58. The third-order valence-electron chi connectivity index (χ3n) is 1.90. The van der Waals surface area contributed by atoms with E-state index < -0.39 is 0 Å². The second-order valence-electron chi connectivity index (χ2n) is 3.11. The molecule has 15 heavy (non-hydrogen) atoms. The Hall–Kier alpha value is -1.58. The summed E-state index contributed by atoms with van der Waals surface area (Å²) in [6, 6.07) is 13.3. The Morgan fingerprint density at radius 2 is 1.47 bits per heavy atom. The standard InChI is InChI=1S/C10H8O.C2H8N2/c11-10-6-5-8-3-1-2-4-9(8)7-10;3-1-2-4/h1-7,11H;1-4H2. The molecule has 3 nitrogen and oxygen atoms in total. The van der Waals surface area contributed by atoms with Crippen LogP contribution in [-0.2, 0) is 0 Å². The summed E-state index contributed by atoms with van der Waals surface area (Å²) in [7, 11) is 0. The van der Waals surface area contributed by atoms with Gasteiger partial charge in [0.25, 0.3) is 0 Å². The van der Waals surface area contributed by atoms with Crippen LogP contribution in [0.3, 0.4) is 0 Å². The molecule has 0 saturated carbocycles. The Kier molecular flexibility index (Phi) is 4.60. The quantitative estimate of drug-likeness (QED) is 0.658. The van der Waals surface area contributed by atoms with Gasteiger partial charge in [-0.05, 0) is 22.9 Å². The summed E-state index contributed by atoms with van der Waals surface area (Å²) in [5, 5.41) is 11.4. The molecule has 3 heteroatoms. The van der Waals surface area contributed by atoms with E-state index in [0.717, 1.165) is 10.8 Å². The largest absolute Gasteiger partial charge is 0.508 e. The summed E-state index contributed by atoms with van der Waals surface area (Å²) in [4.78, 5) is 0. The van der Waals surface area contributed by atoms with Gasteiger partial charge in [-0.15, -0.1) is 0 Å². The van der Waals surface area contributed by atoms with Crippen molar-refractivity contribution in [2.75, 3.05) is 13.1 Å². The monoisotopic (exact) mass is 204 g/mol. The molecule has 0 heterocycles. The zero-order chi connectivity index (χ0) is 11.1. The maximum absolute atomic E-state index is 9.13. The SMILES string of the molecule is NCCN.Oc1ccc2ccccc2c1. The minimum absolute atomic E-state index is 0.323. The molecule has 0 fully saturated rings. The van der Waals surface area contributed by atoms with Crippen LogP contribution in [0.4, 0.5) is 0 Å². The molecule has 0 unspecified atom stereocenters. The zero-order valence-electron chi connectivity index (χ0n) is 8.56. The van der Waals surface area contributed by atoms with Crippen LogP contribution in [0, 0.1) is 0 Å². The highest BCUT2D eigenvalue weighted by Crippen LogP contribution is 2.18. The van der Waals surface area contributed by atoms with Crippen LogP contribution < -0.4 is 11.5 Å². The summed E-state index contributed by atoms with van der Waals surface area (Å²) in [6.45, 7) is 1.19. The van der Waals surface area contributed by atoms with Crippen molar-refractivity contribution in [3.63, 3.8) is 0 Å². The van der Waals surface area contributed by atoms with Crippen molar-refractivity contribution >= 4 is 10.8 Å². The van der Waals surface area contributed by atoms with E-state index in [1.807, 2.05) is 30.3 Å². The van der Waals surface area contributed by atoms with E-state index in [1.54, 1.807) is 12.1 Å². The molecule has 0 bridgehead atoms. The predicted octanol–water partition coefficient (Wildman–Crippen LogP) is 1.45. The second kappa shape index (κ2) is 6.01. The molecule has 2 aromatic rings. The molecule has 0 spiro atoms. The average molecular weight is 204 g/mol. The van der Waals surface area contributed by atoms with Gasteiger partial charge < -0.3 is 16.6 Å². The minimum Gasteiger partial charge on any atom is -0.508 e. The topological polar surface area (TPSA) is 72.3 Å². The van der Waals surface area contributed by atoms with Gasteiger partial charge in [-0.3, -0.25) is 0 Å². The van der Waals surface area contributed by atoms with E-state index in [0.29, 0.717) is 18.8 Å². The molecule has 80 valence electrons. The van der Waals surface area contributed by atoms with Crippen LogP contribution >= 0.6 is 0 Å². The van der Waals surface area contributed by atoms with Crippen LogP contribution in [0.5, 0.6) is 5.75 Å². The lowest BCUT2D eigenvalue weighted by atomic mass is 10.1. The molecule has 0 atom stereocenters. The molecule has 0 aliphatic heterocycles. The highest BCUT2D eigenvalue weighted by Gasteiger charge is 1.91. The van der Waals surface area contributed by atoms with Gasteiger partial charge in [0, 0.05) is 13.1 Å². The smallest absolute Gasteiger partial charge is 0.116 e. The van der Waals surface area contributed by atoms with Crippen LogP contribution in [0.2, 0.25) is 0 Å². The fraction of sp³-hybridized carbons (Fsp3) is 0.167. The summed E-state index contributed by atoms with van der Waals surface area (Å²) < 4.78 is 0. The number of phenols is 1. The van der Waals surface area contributed by atoms with Crippen molar-refractivity contribution in [3.8, 4) is 5.75 Å². The molecule has 0 amide bonds. The Bertz CT molecular complexity index is 413. The first-order valence-electron chi connectivity index (χ1n) is 4.86. The molecule has 2 aromatic carbocycles. The van der Waals surface area contributed by atoms with Gasteiger partial charge in [0.2, 0.25) is 0 Å². The fourth-order valence-corrected chi connectivity index (χ4v) is 1.18. The molecule has 0 aliphatic carbocycles. The molecule has 5 N–H and O–H groups in total. The Morgan fingerprint density at radius 3 is 2.07 bits per heavy atom. The number of aromatic hydroxyl groups is 1. The number of phenolic OH excluding ortho intramolecular Hbond substituents is 1. The van der Waals surface area contributed by atoms with Crippen LogP contribution in [0.25, 0.3) is 10.8 Å². The second-order valence-corrected chi connectivity index (χ2v) is 3.11. The molecular formula is C12H16N2O. The van der Waals surface area contributed by atoms with E-state index in [1.165, 1.54) is 0 Å². The van der Waals surface area contributed by atoms with E-state index >= 15 is 0 Å². The van der Waals surface area contributed by atoms with Gasteiger partial charge in [0.1, 0.15) is 5.75 Å². The molecule has 0 saturated heterocycles. The molecule has 0 radical (unpaired) electrons. The molecule has 0 aromatic heterocycles. The molecular weight excluding hydrogens is 188 g/mol. The number of nitrogens with two attached hydrogens (primary N) is 2. The van der Waals surface area contributed by atoms with Crippen molar-refractivity contribution in [2.24, 2.45) is 11.5 Å². The molecule has 2 rings (SSSR count). The first-order chi connectivity index (χ1) is 7.27. The summed E-state index contributed by atoms with van der Waals surface area (Å²) in [5.74, 6) is 0.323.